The molecule has 0 saturated heterocycles. The topological polar surface area (TPSA) is 73.2 Å². The Morgan fingerprint density at radius 3 is 2.96 bits per heavy atom. The van der Waals surface area contributed by atoms with Crippen LogP contribution in [-0.2, 0) is 20.9 Å². The number of aromatic nitrogens is 2. The first-order valence-corrected chi connectivity index (χ1v) is 9.43. The van der Waals surface area contributed by atoms with Crippen LogP contribution in [0.25, 0.3) is 0 Å². The molecule has 1 aromatic carbocycles. The Balaban J connectivity index is 2.11. The van der Waals surface area contributed by atoms with Crippen LogP contribution in [0.15, 0.2) is 18.2 Å². The average molecular weight is 398 g/mol. The molecule has 6 nitrogen and oxygen atoms in total. The molecule has 1 aromatic heterocycles. The van der Waals surface area contributed by atoms with Gasteiger partial charge in [0.2, 0.25) is 5.91 Å². The summed E-state index contributed by atoms with van der Waals surface area (Å²) in [4.78, 5) is 24.0. The molecule has 0 radical (unpaired) electrons. The summed E-state index contributed by atoms with van der Waals surface area (Å²) in [5.41, 5.74) is 1.52. The van der Waals surface area contributed by atoms with Gasteiger partial charge in [-0.2, -0.15) is 5.10 Å². The largest absolute Gasteiger partial charge is 0.465 e. The highest BCUT2D eigenvalue weighted by Crippen LogP contribution is 2.46. The van der Waals surface area contributed by atoms with E-state index in [1.54, 1.807) is 19.9 Å². The van der Waals surface area contributed by atoms with E-state index in [2.05, 4.69) is 10.4 Å². The molecule has 0 aliphatic carbocycles. The van der Waals surface area contributed by atoms with Gasteiger partial charge in [-0.1, -0.05) is 17.7 Å². The van der Waals surface area contributed by atoms with Crippen LogP contribution in [0.4, 0.5) is 10.2 Å². The van der Waals surface area contributed by atoms with Crippen molar-refractivity contribution in [3.05, 3.63) is 45.9 Å². The number of carbonyl (C=O) groups is 2. The lowest BCUT2D eigenvalue weighted by Gasteiger charge is -2.17. The van der Waals surface area contributed by atoms with E-state index < -0.39 is 17.0 Å². The number of benzene rings is 1. The number of amides is 1. The average Bonchev–Trinajstić information content (AvgIpc) is 2.75. The third kappa shape index (κ3) is 3.57. The predicted molar refractivity (Wildman–Crippen MR) is 97.9 cm³/mol. The summed E-state index contributed by atoms with van der Waals surface area (Å²) in [6.45, 7) is 3.56. The van der Waals surface area contributed by atoms with Crippen molar-refractivity contribution in [2.45, 2.75) is 25.6 Å². The fourth-order valence-electron chi connectivity index (χ4n) is 2.88. The summed E-state index contributed by atoms with van der Waals surface area (Å²) >= 11 is 7.51. The molecule has 26 heavy (non-hydrogen) atoms. The number of hydrogen-bond acceptors (Lipinski definition) is 5. The standard InChI is InChI=1S/C17H17ClFN3O3S/c1-3-25-13(24)7-22-17-14(9(2)21-22)16(26-8-12(23)20-17)15-10(18)5-4-6-11(15)19/h4-6,16H,3,7-8H2,1-2H3,(H,20,23). The highest BCUT2D eigenvalue weighted by atomic mass is 35.5. The van der Waals surface area contributed by atoms with Gasteiger partial charge in [-0.05, 0) is 26.0 Å². The Kier molecular flexibility index (Phi) is 5.52. The minimum Gasteiger partial charge on any atom is -0.465 e. The maximum absolute atomic E-state index is 14.5. The van der Waals surface area contributed by atoms with Gasteiger partial charge in [0.1, 0.15) is 18.2 Å². The van der Waals surface area contributed by atoms with E-state index in [0.717, 1.165) is 0 Å². The number of ether oxygens (including phenoxy) is 1. The minimum absolute atomic E-state index is 0.128. The number of fused-ring (bicyclic) bond motifs is 1. The van der Waals surface area contributed by atoms with Gasteiger partial charge in [-0.25, -0.2) is 9.07 Å². The number of anilines is 1. The monoisotopic (exact) mass is 397 g/mol. The fraction of sp³-hybridized carbons (Fsp3) is 0.353. The first kappa shape index (κ1) is 18.7. The van der Waals surface area contributed by atoms with Crippen molar-refractivity contribution in [1.29, 1.82) is 0 Å². The second-order valence-corrected chi connectivity index (χ2v) is 7.19. The number of nitrogens with one attached hydrogen (secondary N) is 1. The molecule has 0 fully saturated rings. The summed E-state index contributed by atoms with van der Waals surface area (Å²) in [7, 11) is 0. The van der Waals surface area contributed by atoms with Crippen molar-refractivity contribution in [3.8, 4) is 0 Å². The SMILES string of the molecule is CCOC(=O)Cn1nc(C)c2c1NC(=O)CSC2c1c(F)cccc1Cl. The maximum Gasteiger partial charge on any atom is 0.327 e. The Labute approximate surface area is 159 Å². The van der Waals surface area contributed by atoms with Gasteiger partial charge >= 0.3 is 5.97 Å². The minimum atomic E-state index is -0.520. The van der Waals surface area contributed by atoms with E-state index in [0.29, 0.717) is 22.6 Å². The quantitative estimate of drug-likeness (QED) is 0.801. The van der Waals surface area contributed by atoms with Crippen LogP contribution in [0.2, 0.25) is 5.02 Å². The number of carbonyl (C=O) groups excluding carboxylic acids is 2. The first-order valence-electron chi connectivity index (χ1n) is 8.00. The Morgan fingerprint density at radius 1 is 1.50 bits per heavy atom. The molecule has 2 heterocycles. The molecule has 0 saturated carbocycles. The van der Waals surface area contributed by atoms with Crippen LogP contribution in [-0.4, -0.2) is 34.0 Å². The lowest BCUT2D eigenvalue weighted by Crippen LogP contribution is -2.20. The van der Waals surface area contributed by atoms with E-state index in [1.165, 1.54) is 28.6 Å². The number of thioether (sulfide) groups is 1. The molecular formula is C17H17ClFN3O3S. The number of aryl methyl sites for hydroxylation is 1. The number of esters is 1. The maximum atomic E-state index is 14.5. The van der Waals surface area contributed by atoms with Crippen LogP contribution in [0.5, 0.6) is 0 Å². The highest BCUT2D eigenvalue weighted by Gasteiger charge is 2.33. The highest BCUT2D eigenvalue weighted by molar-refractivity contribution is 8.00. The summed E-state index contributed by atoms with van der Waals surface area (Å²) in [5, 5.41) is 6.87. The third-order valence-corrected chi connectivity index (χ3v) is 5.48. The number of rotatable bonds is 4. The molecule has 1 atom stereocenters. The van der Waals surface area contributed by atoms with Crippen LogP contribution in [0.1, 0.15) is 29.0 Å². The van der Waals surface area contributed by atoms with Gasteiger partial charge in [0, 0.05) is 16.1 Å². The van der Waals surface area contributed by atoms with Gasteiger partial charge in [-0.3, -0.25) is 9.59 Å². The number of halogens is 2. The van der Waals surface area contributed by atoms with Crippen molar-refractivity contribution in [2.75, 3.05) is 17.7 Å². The van der Waals surface area contributed by atoms with Crippen LogP contribution in [0.3, 0.4) is 0 Å². The molecule has 138 valence electrons. The lowest BCUT2D eigenvalue weighted by molar-refractivity contribution is -0.144. The predicted octanol–water partition coefficient (Wildman–Crippen LogP) is 3.32. The first-order chi connectivity index (χ1) is 12.4. The molecule has 0 bridgehead atoms. The van der Waals surface area contributed by atoms with Crippen molar-refractivity contribution in [2.24, 2.45) is 0 Å². The molecule has 1 amide bonds. The third-order valence-electron chi connectivity index (χ3n) is 3.92. The van der Waals surface area contributed by atoms with E-state index in [4.69, 9.17) is 16.3 Å². The number of hydrogen-bond donors (Lipinski definition) is 1. The van der Waals surface area contributed by atoms with Crippen molar-refractivity contribution < 1.29 is 18.7 Å². The fourth-order valence-corrected chi connectivity index (χ4v) is 4.47. The normalized spacial score (nSPS) is 16.6. The van der Waals surface area contributed by atoms with Crippen molar-refractivity contribution in [3.63, 3.8) is 0 Å². The zero-order valence-electron chi connectivity index (χ0n) is 14.2. The Hall–Kier alpha value is -2.06. The van der Waals surface area contributed by atoms with E-state index >= 15 is 0 Å². The summed E-state index contributed by atoms with van der Waals surface area (Å²) in [6.07, 6.45) is 0. The zero-order valence-corrected chi connectivity index (χ0v) is 15.8. The summed E-state index contributed by atoms with van der Waals surface area (Å²) < 4.78 is 20.8. The lowest BCUT2D eigenvalue weighted by atomic mass is 10.0. The van der Waals surface area contributed by atoms with Gasteiger partial charge in [0.15, 0.2) is 0 Å². The smallest absolute Gasteiger partial charge is 0.327 e. The van der Waals surface area contributed by atoms with Crippen LogP contribution in [0, 0.1) is 12.7 Å². The molecular weight excluding hydrogens is 381 g/mol. The molecule has 1 aliphatic heterocycles. The summed E-state index contributed by atoms with van der Waals surface area (Å²) in [5.74, 6) is -0.675. The van der Waals surface area contributed by atoms with E-state index in [-0.39, 0.29) is 29.8 Å². The molecule has 1 aliphatic rings. The molecule has 9 heteroatoms. The number of nitrogens with zero attached hydrogens (tertiary/aromatic N) is 2. The van der Waals surface area contributed by atoms with Crippen molar-refractivity contribution in [1.82, 2.24) is 9.78 Å². The molecule has 3 rings (SSSR count). The Morgan fingerprint density at radius 2 is 2.27 bits per heavy atom. The van der Waals surface area contributed by atoms with Gasteiger partial charge in [0.25, 0.3) is 0 Å². The van der Waals surface area contributed by atoms with Gasteiger partial charge in [0.05, 0.1) is 23.3 Å². The van der Waals surface area contributed by atoms with Crippen LogP contribution >= 0.6 is 23.4 Å². The summed E-state index contributed by atoms with van der Waals surface area (Å²) in [6, 6.07) is 4.47. The second kappa shape index (κ2) is 7.67. The molecule has 2 aromatic rings. The Bertz CT molecular complexity index is 851. The van der Waals surface area contributed by atoms with Gasteiger partial charge in [-0.15, -0.1) is 11.8 Å². The van der Waals surface area contributed by atoms with E-state index in [1.807, 2.05) is 0 Å². The van der Waals surface area contributed by atoms with E-state index in [9.17, 15) is 14.0 Å². The second-order valence-electron chi connectivity index (χ2n) is 5.68. The van der Waals surface area contributed by atoms with Crippen LogP contribution < -0.4 is 5.32 Å². The molecule has 0 spiro atoms. The van der Waals surface area contributed by atoms with Crippen molar-refractivity contribution >= 4 is 41.1 Å². The van der Waals surface area contributed by atoms with Gasteiger partial charge < -0.3 is 10.1 Å². The molecule has 1 N–H and O–H groups in total. The zero-order chi connectivity index (χ0) is 18.8. The molecule has 1 unspecified atom stereocenters.